The Kier molecular flexibility index (Phi) is 9.72. The molecule has 3 heterocycles. The Bertz CT molecular complexity index is 811. The topological polar surface area (TPSA) is 112 Å². The van der Waals surface area contributed by atoms with E-state index in [9.17, 15) is 26.3 Å². The second-order valence-corrected chi connectivity index (χ2v) is 8.61. The zero-order valence-electron chi connectivity index (χ0n) is 18.6. The van der Waals surface area contributed by atoms with Crippen molar-refractivity contribution in [1.82, 2.24) is 9.88 Å². The first-order valence-electron chi connectivity index (χ1n) is 10.8. The molecule has 3 aliphatic rings. The highest BCUT2D eigenvalue weighted by Gasteiger charge is 2.44. The molecule has 0 radical (unpaired) electrons. The lowest BCUT2D eigenvalue weighted by atomic mass is 9.89. The van der Waals surface area contributed by atoms with Crippen LogP contribution in [0.3, 0.4) is 0 Å². The molecule has 3 fully saturated rings. The Morgan fingerprint density at radius 2 is 1.69 bits per heavy atom. The number of nitrogens with zero attached hydrogens (tertiary/aromatic N) is 2. The van der Waals surface area contributed by atoms with Crippen molar-refractivity contribution in [1.29, 1.82) is 0 Å². The van der Waals surface area contributed by atoms with Gasteiger partial charge < -0.3 is 25.2 Å². The van der Waals surface area contributed by atoms with Crippen molar-refractivity contribution in [3.8, 4) is 0 Å². The number of alkyl halides is 6. The van der Waals surface area contributed by atoms with Gasteiger partial charge in [-0.2, -0.15) is 26.3 Å². The Balaban J connectivity index is 0.000000257. The molecule has 0 amide bonds. The summed E-state index contributed by atoms with van der Waals surface area (Å²) in [7, 11) is 0. The van der Waals surface area contributed by atoms with Gasteiger partial charge in [-0.05, 0) is 50.2 Å². The van der Waals surface area contributed by atoms with Crippen molar-refractivity contribution in [2.45, 2.75) is 56.1 Å². The summed E-state index contributed by atoms with van der Waals surface area (Å²) in [5.74, 6) is -3.54. The van der Waals surface area contributed by atoms with E-state index < -0.39 is 24.3 Å². The molecule has 0 bridgehead atoms. The molecule has 0 aromatic carbocycles. The summed E-state index contributed by atoms with van der Waals surface area (Å²) in [6.45, 7) is 4.52. The van der Waals surface area contributed by atoms with Gasteiger partial charge in [0, 0.05) is 38.5 Å². The number of carboxylic acid groups (broad SMARTS) is 2. The monoisotopic (exact) mass is 515 g/mol. The minimum Gasteiger partial charge on any atom is -0.475 e. The first-order valence-corrected chi connectivity index (χ1v) is 10.8. The maximum atomic E-state index is 10.6. The molecule has 35 heavy (non-hydrogen) atoms. The van der Waals surface area contributed by atoms with Gasteiger partial charge in [0.1, 0.15) is 5.82 Å². The van der Waals surface area contributed by atoms with E-state index in [2.05, 4.69) is 21.3 Å². The standard InChI is InChI=1S/C17H25N3O.2C2HF3O2/c1-2-8-18-16(3-1)19-15-6-10-21-17(11-15)7-9-20(13-17)12-14-4-5-14;2*3-2(4,5)1(6)7/h1-3,8,14-15H,4-7,9-13H2,(H,18,19);2*(H,6,7)/t15-,17+;;/m0../s1. The Morgan fingerprint density at radius 3 is 2.17 bits per heavy atom. The van der Waals surface area contributed by atoms with Crippen molar-refractivity contribution in [3.05, 3.63) is 24.4 Å². The van der Waals surface area contributed by atoms with Crippen LogP contribution >= 0.6 is 0 Å². The van der Waals surface area contributed by atoms with E-state index in [0.29, 0.717) is 6.04 Å². The number of carbonyl (C=O) groups is 2. The third-order valence-corrected chi connectivity index (χ3v) is 5.60. The molecule has 1 aliphatic carbocycles. The van der Waals surface area contributed by atoms with Crippen molar-refractivity contribution in [2.24, 2.45) is 5.92 Å². The highest BCUT2D eigenvalue weighted by Crippen LogP contribution is 2.38. The first-order chi connectivity index (χ1) is 16.2. The van der Waals surface area contributed by atoms with Crippen LogP contribution in [-0.2, 0) is 14.3 Å². The zero-order valence-corrected chi connectivity index (χ0v) is 18.6. The van der Waals surface area contributed by atoms with Gasteiger partial charge in [0.2, 0.25) is 0 Å². The minimum atomic E-state index is -5.08. The van der Waals surface area contributed by atoms with Crippen LogP contribution in [0, 0.1) is 5.92 Å². The predicted octanol–water partition coefficient (Wildman–Crippen LogP) is 3.79. The highest BCUT2D eigenvalue weighted by atomic mass is 19.4. The Labute approximate surface area is 197 Å². The molecule has 2 aliphatic heterocycles. The van der Waals surface area contributed by atoms with E-state index >= 15 is 0 Å². The number of halogens is 6. The van der Waals surface area contributed by atoms with Crippen LogP contribution in [0.2, 0.25) is 0 Å². The predicted molar refractivity (Wildman–Crippen MR) is 111 cm³/mol. The van der Waals surface area contributed by atoms with Gasteiger partial charge in [0.25, 0.3) is 0 Å². The van der Waals surface area contributed by atoms with E-state index in [1.54, 1.807) is 0 Å². The van der Waals surface area contributed by atoms with Crippen LogP contribution in [0.15, 0.2) is 24.4 Å². The van der Waals surface area contributed by atoms with Gasteiger partial charge in [-0.3, -0.25) is 0 Å². The number of aromatic nitrogens is 1. The van der Waals surface area contributed by atoms with Gasteiger partial charge >= 0.3 is 24.3 Å². The van der Waals surface area contributed by atoms with E-state index in [-0.39, 0.29) is 5.60 Å². The summed E-state index contributed by atoms with van der Waals surface area (Å²) >= 11 is 0. The molecule has 198 valence electrons. The smallest absolute Gasteiger partial charge is 0.475 e. The van der Waals surface area contributed by atoms with Gasteiger partial charge in [0.05, 0.1) is 5.60 Å². The molecule has 2 atom stereocenters. The summed E-state index contributed by atoms with van der Waals surface area (Å²) in [4.78, 5) is 24.8. The molecule has 14 heteroatoms. The number of carboxylic acids is 2. The molecule has 1 aromatic heterocycles. The Hall–Kier alpha value is -2.61. The third-order valence-electron chi connectivity index (χ3n) is 5.60. The summed E-state index contributed by atoms with van der Waals surface area (Å²) in [6, 6.07) is 6.55. The fraction of sp³-hybridized carbons (Fsp3) is 0.667. The molecular formula is C21H27F6N3O5. The fourth-order valence-electron chi connectivity index (χ4n) is 3.84. The van der Waals surface area contributed by atoms with E-state index in [4.69, 9.17) is 24.5 Å². The van der Waals surface area contributed by atoms with Crippen LogP contribution < -0.4 is 5.32 Å². The third kappa shape index (κ3) is 10.3. The summed E-state index contributed by atoms with van der Waals surface area (Å²) < 4.78 is 69.7. The van der Waals surface area contributed by atoms with Crippen LogP contribution in [0.4, 0.5) is 32.2 Å². The van der Waals surface area contributed by atoms with Crippen LogP contribution in [0.25, 0.3) is 0 Å². The van der Waals surface area contributed by atoms with Gasteiger partial charge in [-0.1, -0.05) is 6.07 Å². The lowest BCUT2D eigenvalue weighted by Gasteiger charge is -2.38. The summed E-state index contributed by atoms with van der Waals surface area (Å²) in [5, 5.41) is 17.8. The molecule has 1 saturated carbocycles. The molecule has 1 spiro atoms. The number of rotatable bonds is 4. The van der Waals surface area contributed by atoms with Gasteiger partial charge in [0.15, 0.2) is 0 Å². The molecule has 3 N–H and O–H groups in total. The SMILES string of the molecule is O=C(O)C(F)(F)F.O=C(O)C(F)(F)F.c1ccc(N[C@H]2CCO[C@]3(CCN(CC4CC4)C3)C2)nc1. The van der Waals surface area contributed by atoms with Crippen molar-refractivity contribution < 1.29 is 50.9 Å². The van der Waals surface area contributed by atoms with Crippen LogP contribution in [-0.4, -0.2) is 82.3 Å². The number of hydrogen-bond donors (Lipinski definition) is 3. The van der Waals surface area contributed by atoms with Crippen molar-refractivity contribution in [2.75, 3.05) is 31.6 Å². The molecule has 1 aromatic rings. The molecule has 8 nitrogen and oxygen atoms in total. The average Bonchev–Trinajstić information content (AvgIpc) is 3.49. The van der Waals surface area contributed by atoms with Gasteiger partial charge in [-0.15, -0.1) is 0 Å². The van der Waals surface area contributed by atoms with E-state index in [1.807, 2.05) is 18.3 Å². The lowest BCUT2D eigenvalue weighted by molar-refractivity contribution is -0.193. The number of likely N-dealkylation sites (tertiary alicyclic amines) is 1. The highest BCUT2D eigenvalue weighted by molar-refractivity contribution is 5.73. The van der Waals surface area contributed by atoms with E-state index in [1.165, 1.54) is 32.4 Å². The number of aliphatic carboxylic acids is 2. The first kappa shape index (κ1) is 28.6. The number of ether oxygens (including phenoxy) is 1. The average molecular weight is 515 g/mol. The second kappa shape index (κ2) is 11.9. The van der Waals surface area contributed by atoms with E-state index in [0.717, 1.165) is 37.7 Å². The number of hydrogen-bond acceptors (Lipinski definition) is 6. The van der Waals surface area contributed by atoms with Gasteiger partial charge in [-0.25, -0.2) is 14.6 Å². The van der Waals surface area contributed by atoms with Crippen molar-refractivity contribution in [3.63, 3.8) is 0 Å². The normalized spacial score (nSPS) is 24.6. The zero-order chi connectivity index (χ0) is 26.3. The maximum Gasteiger partial charge on any atom is 0.490 e. The fourth-order valence-corrected chi connectivity index (χ4v) is 3.84. The van der Waals surface area contributed by atoms with Crippen molar-refractivity contribution >= 4 is 17.8 Å². The Morgan fingerprint density at radius 1 is 1.09 bits per heavy atom. The quantitative estimate of drug-likeness (QED) is 0.520. The number of anilines is 1. The lowest BCUT2D eigenvalue weighted by Crippen LogP contribution is -2.46. The number of pyridine rings is 1. The largest absolute Gasteiger partial charge is 0.490 e. The summed E-state index contributed by atoms with van der Waals surface area (Å²) in [6.07, 6.45) is -2.04. The molecule has 2 saturated heterocycles. The maximum absolute atomic E-state index is 10.6. The molecular weight excluding hydrogens is 488 g/mol. The second-order valence-electron chi connectivity index (χ2n) is 8.61. The number of nitrogens with one attached hydrogen (secondary N) is 1. The van der Waals surface area contributed by atoms with Crippen LogP contribution in [0.1, 0.15) is 32.1 Å². The minimum absolute atomic E-state index is 0.0968. The molecule has 4 rings (SSSR count). The molecule has 0 unspecified atom stereocenters. The van der Waals surface area contributed by atoms with Crippen LogP contribution in [0.5, 0.6) is 0 Å². The summed E-state index contributed by atoms with van der Waals surface area (Å²) in [5.41, 5.74) is 0.0968.